The normalized spacial score (nSPS) is 10.7. The molecule has 0 aromatic heterocycles. The van der Waals surface area contributed by atoms with Crippen molar-refractivity contribution in [1.82, 2.24) is 5.32 Å². The van der Waals surface area contributed by atoms with E-state index in [1.807, 2.05) is 56.3 Å². The van der Waals surface area contributed by atoms with Crippen LogP contribution in [0.15, 0.2) is 42.5 Å². The first-order valence-corrected chi connectivity index (χ1v) is 5.46. The van der Waals surface area contributed by atoms with Gasteiger partial charge in [-0.05, 0) is 36.8 Å². The van der Waals surface area contributed by atoms with E-state index in [9.17, 15) is 4.79 Å². The molecule has 0 spiro atoms. The molecule has 2 heteroatoms. The fourth-order valence-electron chi connectivity index (χ4n) is 1.68. The first kappa shape index (κ1) is 10.7. The van der Waals surface area contributed by atoms with Gasteiger partial charge < -0.3 is 5.32 Å². The smallest absolute Gasteiger partial charge is 0.251 e. The van der Waals surface area contributed by atoms with Gasteiger partial charge in [-0.1, -0.05) is 30.3 Å². The monoisotopic (exact) mass is 213 g/mol. The summed E-state index contributed by atoms with van der Waals surface area (Å²) in [7, 11) is 0. The lowest BCUT2D eigenvalue weighted by Gasteiger charge is -2.08. The van der Waals surface area contributed by atoms with Crippen LogP contribution in [0.2, 0.25) is 0 Å². The Bertz CT molecular complexity index is 517. The van der Waals surface area contributed by atoms with Crippen molar-refractivity contribution < 1.29 is 4.79 Å². The molecule has 0 aliphatic rings. The Morgan fingerprint density at radius 3 is 2.44 bits per heavy atom. The summed E-state index contributed by atoms with van der Waals surface area (Å²) in [6.07, 6.45) is 0. The summed E-state index contributed by atoms with van der Waals surface area (Å²) in [5, 5.41) is 5.14. The van der Waals surface area contributed by atoms with Crippen molar-refractivity contribution in [2.24, 2.45) is 0 Å². The summed E-state index contributed by atoms with van der Waals surface area (Å²) in [5.41, 5.74) is 0.715. The number of nitrogens with one attached hydrogen (secondary N) is 1. The number of fused-ring (bicyclic) bond motifs is 1. The highest BCUT2D eigenvalue weighted by molar-refractivity contribution is 5.98. The maximum absolute atomic E-state index is 11.8. The lowest BCUT2D eigenvalue weighted by molar-refractivity contribution is 0.0943. The number of carbonyl (C=O) groups is 1. The van der Waals surface area contributed by atoms with E-state index in [-0.39, 0.29) is 11.9 Å². The van der Waals surface area contributed by atoms with Crippen LogP contribution in [0.3, 0.4) is 0 Å². The van der Waals surface area contributed by atoms with Crippen LogP contribution in [0, 0.1) is 0 Å². The number of hydrogen-bond acceptors (Lipinski definition) is 1. The Kier molecular flexibility index (Phi) is 2.91. The minimum absolute atomic E-state index is 0.0132. The van der Waals surface area contributed by atoms with Gasteiger partial charge in [0.2, 0.25) is 0 Å². The third-order valence-electron chi connectivity index (χ3n) is 2.43. The van der Waals surface area contributed by atoms with E-state index in [1.165, 1.54) is 0 Å². The molecule has 0 bridgehead atoms. The third-order valence-corrected chi connectivity index (χ3v) is 2.43. The Labute approximate surface area is 95.3 Å². The summed E-state index contributed by atoms with van der Waals surface area (Å²) in [4.78, 5) is 11.8. The molecule has 0 aliphatic carbocycles. The van der Waals surface area contributed by atoms with Crippen LogP contribution in [-0.4, -0.2) is 11.9 Å². The molecule has 1 N–H and O–H groups in total. The van der Waals surface area contributed by atoms with Crippen LogP contribution < -0.4 is 5.32 Å². The molecular weight excluding hydrogens is 198 g/mol. The molecule has 0 unspecified atom stereocenters. The topological polar surface area (TPSA) is 29.1 Å². The molecule has 2 nitrogen and oxygen atoms in total. The fourth-order valence-corrected chi connectivity index (χ4v) is 1.68. The van der Waals surface area contributed by atoms with Gasteiger partial charge in [-0.25, -0.2) is 0 Å². The number of benzene rings is 2. The molecule has 16 heavy (non-hydrogen) atoms. The Balaban J connectivity index is 2.35. The molecule has 0 aliphatic heterocycles. The van der Waals surface area contributed by atoms with E-state index < -0.39 is 0 Å². The lowest BCUT2D eigenvalue weighted by Crippen LogP contribution is -2.29. The van der Waals surface area contributed by atoms with Crippen molar-refractivity contribution in [2.45, 2.75) is 19.9 Å². The summed E-state index contributed by atoms with van der Waals surface area (Å²) in [6, 6.07) is 14.0. The maximum atomic E-state index is 11.8. The molecular formula is C14H15NO. The van der Waals surface area contributed by atoms with Crippen molar-refractivity contribution >= 4 is 16.7 Å². The van der Waals surface area contributed by atoms with Crippen LogP contribution in [0.1, 0.15) is 24.2 Å². The number of amides is 1. The highest BCUT2D eigenvalue weighted by Crippen LogP contribution is 2.15. The second-order valence-electron chi connectivity index (χ2n) is 4.19. The SMILES string of the molecule is CC(C)NC(=O)c1ccc2ccccc2c1. The zero-order valence-corrected chi connectivity index (χ0v) is 9.53. The number of hydrogen-bond donors (Lipinski definition) is 1. The molecule has 0 atom stereocenters. The first-order valence-electron chi connectivity index (χ1n) is 5.46. The molecule has 1 amide bonds. The van der Waals surface area contributed by atoms with E-state index >= 15 is 0 Å². The fraction of sp³-hybridized carbons (Fsp3) is 0.214. The van der Waals surface area contributed by atoms with Crippen LogP contribution in [0.4, 0.5) is 0 Å². The van der Waals surface area contributed by atoms with E-state index in [0.29, 0.717) is 5.56 Å². The van der Waals surface area contributed by atoms with Crippen molar-refractivity contribution in [3.63, 3.8) is 0 Å². The van der Waals surface area contributed by atoms with Gasteiger partial charge >= 0.3 is 0 Å². The van der Waals surface area contributed by atoms with Crippen molar-refractivity contribution in [3.05, 3.63) is 48.0 Å². The summed E-state index contributed by atoms with van der Waals surface area (Å²) in [5.74, 6) is -0.0132. The maximum Gasteiger partial charge on any atom is 0.251 e. The van der Waals surface area contributed by atoms with Gasteiger partial charge in [0.15, 0.2) is 0 Å². The van der Waals surface area contributed by atoms with Gasteiger partial charge in [-0.3, -0.25) is 4.79 Å². The zero-order valence-electron chi connectivity index (χ0n) is 9.53. The number of rotatable bonds is 2. The van der Waals surface area contributed by atoms with Gasteiger partial charge in [0.25, 0.3) is 5.91 Å². The molecule has 0 radical (unpaired) electrons. The standard InChI is InChI=1S/C14H15NO/c1-10(2)15-14(16)13-8-7-11-5-3-4-6-12(11)9-13/h3-10H,1-2H3,(H,15,16). The third kappa shape index (κ3) is 2.22. The van der Waals surface area contributed by atoms with E-state index in [2.05, 4.69) is 5.32 Å². The van der Waals surface area contributed by atoms with Gasteiger partial charge in [-0.2, -0.15) is 0 Å². The highest BCUT2D eigenvalue weighted by atomic mass is 16.1. The highest BCUT2D eigenvalue weighted by Gasteiger charge is 2.06. The molecule has 2 rings (SSSR count). The van der Waals surface area contributed by atoms with E-state index in [1.54, 1.807) is 0 Å². The van der Waals surface area contributed by atoms with E-state index in [0.717, 1.165) is 10.8 Å². The average Bonchev–Trinajstić information content (AvgIpc) is 2.27. The predicted molar refractivity (Wildman–Crippen MR) is 66.6 cm³/mol. The van der Waals surface area contributed by atoms with Gasteiger partial charge in [0.05, 0.1) is 0 Å². The molecule has 0 heterocycles. The second kappa shape index (κ2) is 4.35. The Hall–Kier alpha value is -1.83. The minimum atomic E-state index is -0.0132. The van der Waals surface area contributed by atoms with Crippen LogP contribution in [-0.2, 0) is 0 Å². The van der Waals surface area contributed by atoms with Crippen molar-refractivity contribution in [2.75, 3.05) is 0 Å². The zero-order chi connectivity index (χ0) is 11.5. The summed E-state index contributed by atoms with van der Waals surface area (Å²) < 4.78 is 0. The van der Waals surface area contributed by atoms with Crippen molar-refractivity contribution in [1.29, 1.82) is 0 Å². The number of carbonyl (C=O) groups excluding carboxylic acids is 1. The van der Waals surface area contributed by atoms with Gasteiger partial charge in [-0.15, -0.1) is 0 Å². The lowest BCUT2D eigenvalue weighted by atomic mass is 10.1. The second-order valence-corrected chi connectivity index (χ2v) is 4.19. The van der Waals surface area contributed by atoms with Crippen molar-refractivity contribution in [3.8, 4) is 0 Å². The predicted octanol–water partition coefficient (Wildman–Crippen LogP) is 2.98. The molecule has 82 valence electrons. The van der Waals surface area contributed by atoms with Crippen LogP contribution in [0.5, 0.6) is 0 Å². The largest absolute Gasteiger partial charge is 0.350 e. The Morgan fingerprint density at radius 1 is 1.06 bits per heavy atom. The molecule has 2 aromatic rings. The Morgan fingerprint density at radius 2 is 1.75 bits per heavy atom. The summed E-state index contributed by atoms with van der Waals surface area (Å²) >= 11 is 0. The molecule has 0 saturated carbocycles. The van der Waals surface area contributed by atoms with Gasteiger partial charge in [0, 0.05) is 11.6 Å². The van der Waals surface area contributed by atoms with Crippen LogP contribution in [0.25, 0.3) is 10.8 Å². The minimum Gasteiger partial charge on any atom is -0.350 e. The average molecular weight is 213 g/mol. The molecule has 0 fully saturated rings. The van der Waals surface area contributed by atoms with Gasteiger partial charge in [0.1, 0.15) is 0 Å². The molecule has 0 saturated heterocycles. The first-order chi connectivity index (χ1) is 7.66. The summed E-state index contributed by atoms with van der Waals surface area (Å²) in [6.45, 7) is 3.91. The van der Waals surface area contributed by atoms with Crippen LogP contribution >= 0.6 is 0 Å². The van der Waals surface area contributed by atoms with E-state index in [4.69, 9.17) is 0 Å². The quantitative estimate of drug-likeness (QED) is 0.816. The molecule has 2 aromatic carbocycles.